The molecule has 2 rings (SSSR count). The third-order valence-corrected chi connectivity index (χ3v) is 4.57. The van der Waals surface area contributed by atoms with Gasteiger partial charge in [0.15, 0.2) is 0 Å². The highest BCUT2D eigenvalue weighted by Crippen LogP contribution is 2.45. The average Bonchev–Trinajstić information content (AvgIpc) is 2.48. The molecule has 0 bridgehead atoms. The van der Waals surface area contributed by atoms with E-state index in [0.29, 0.717) is 19.4 Å². The number of likely N-dealkylation sites (tertiary alicyclic amines) is 1. The minimum atomic E-state index is -1.82. The van der Waals surface area contributed by atoms with Gasteiger partial charge in [-0.25, -0.2) is 8.78 Å². The first-order valence-electron chi connectivity index (χ1n) is 7.21. The third-order valence-electron chi connectivity index (χ3n) is 4.57. The van der Waals surface area contributed by atoms with E-state index < -0.39 is 17.1 Å². The van der Waals surface area contributed by atoms with Crippen LogP contribution in [0.15, 0.2) is 18.2 Å². The summed E-state index contributed by atoms with van der Waals surface area (Å²) >= 11 is 0. The molecule has 0 aromatic heterocycles. The minimum absolute atomic E-state index is 0.105. The van der Waals surface area contributed by atoms with Gasteiger partial charge in [0.1, 0.15) is 23.4 Å². The molecule has 1 heterocycles. The third kappa shape index (κ3) is 2.85. The van der Waals surface area contributed by atoms with Crippen molar-refractivity contribution in [2.24, 2.45) is 0 Å². The van der Waals surface area contributed by atoms with E-state index in [1.54, 1.807) is 6.92 Å². The van der Waals surface area contributed by atoms with E-state index in [-0.39, 0.29) is 30.4 Å². The number of carbonyl (C=O) groups is 1. The number of nitrogens with zero attached hydrogens (tertiary/aromatic N) is 1. The molecule has 1 saturated heterocycles. The highest BCUT2D eigenvalue weighted by atomic mass is 19.1. The fourth-order valence-electron chi connectivity index (χ4n) is 3.09. The second kappa shape index (κ2) is 5.81. The zero-order chi connectivity index (χ0) is 15.7. The minimum Gasteiger partial charge on any atom is -0.382 e. The highest BCUT2D eigenvalue weighted by Gasteiger charge is 2.52. The fraction of sp³-hybridized carbons (Fsp3) is 0.562. The molecule has 21 heavy (non-hydrogen) atoms. The molecule has 5 heteroatoms. The number of halogens is 2. The molecule has 1 N–H and O–H groups in total. The number of piperidine rings is 1. The van der Waals surface area contributed by atoms with Gasteiger partial charge in [-0.05, 0) is 50.1 Å². The molecule has 0 radical (unpaired) electrons. The summed E-state index contributed by atoms with van der Waals surface area (Å²) in [5.74, 6) is -0.641. The summed E-state index contributed by atoms with van der Waals surface area (Å²) in [5, 5.41) is 10.9. The standard InChI is InChI=1S/C16H21F2NO2/c1-3-16(21,15(18)4-6-19(2)7-5-15)13-8-12(11-20)9-14(17)10-13/h8-11,21H,3-7H2,1-2H3. The van der Waals surface area contributed by atoms with Crippen LogP contribution in [0.1, 0.15) is 42.1 Å². The molecule has 0 saturated carbocycles. The van der Waals surface area contributed by atoms with E-state index in [1.165, 1.54) is 6.07 Å². The predicted molar refractivity (Wildman–Crippen MR) is 76.5 cm³/mol. The zero-order valence-electron chi connectivity index (χ0n) is 12.4. The highest BCUT2D eigenvalue weighted by molar-refractivity contribution is 5.75. The Balaban J connectivity index is 2.45. The average molecular weight is 297 g/mol. The van der Waals surface area contributed by atoms with Crippen LogP contribution < -0.4 is 0 Å². The maximum atomic E-state index is 15.4. The van der Waals surface area contributed by atoms with Crippen molar-refractivity contribution < 1.29 is 18.7 Å². The molecule has 1 atom stereocenters. The summed E-state index contributed by atoms with van der Waals surface area (Å²) in [5.41, 5.74) is -3.36. The van der Waals surface area contributed by atoms with Crippen molar-refractivity contribution >= 4 is 6.29 Å². The summed E-state index contributed by atoms with van der Waals surface area (Å²) < 4.78 is 29.0. The van der Waals surface area contributed by atoms with Crippen molar-refractivity contribution in [1.29, 1.82) is 0 Å². The van der Waals surface area contributed by atoms with Crippen molar-refractivity contribution in [2.45, 2.75) is 37.5 Å². The van der Waals surface area contributed by atoms with Gasteiger partial charge in [-0.3, -0.25) is 4.79 Å². The first-order valence-corrected chi connectivity index (χ1v) is 7.21. The topological polar surface area (TPSA) is 40.5 Å². The van der Waals surface area contributed by atoms with Crippen molar-refractivity contribution in [3.05, 3.63) is 35.1 Å². The van der Waals surface area contributed by atoms with E-state index in [4.69, 9.17) is 0 Å². The SMILES string of the molecule is CCC(O)(c1cc(F)cc(C=O)c1)C1(F)CCN(C)CC1. The molecular formula is C16H21F2NO2. The van der Waals surface area contributed by atoms with Crippen LogP contribution in [-0.2, 0) is 5.60 Å². The Morgan fingerprint density at radius 2 is 2.00 bits per heavy atom. The number of hydrogen-bond donors (Lipinski definition) is 1. The number of aliphatic hydroxyl groups is 1. The van der Waals surface area contributed by atoms with Gasteiger partial charge in [0, 0.05) is 18.7 Å². The van der Waals surface area contributed by atoms with Gasteiger partial charge < -0.3 is 10.0 Å². The largest absolute Gasteiger partial charge is 0.382 e. The monoisotopic (exact) mass is 297 g/mol. The lowest BCUT2D eigenvalue weighted by molar-refractivity contribution is -0.136. The van der Waals surface area contributed by atoms with Gasteiger partial charge in [0.05, 0.1) is 0 Å². The number of carbonyl (C=O) groups excluding carboxylic acids is 1. The smallest absolute Gasteiger partial charge is 0.150 e. The molecule has 1 aromatic carbocycles. The zero-order valence-corrected chi connectivity index (χ0v) is 12.4. The number of hydrogen-bond acceptors (Lipinski definition) is 3. The summed E-state index contributed by atoms with van der Waals surface area (Å²) in [4.78, 5) is 12.9. The Morgan fingerprint density at radius 1 is 1.38 bits per heavy atom. The van der Waals surface area contributed by atoms with Crippen LogP contribution in [0.25, 0.3) is 0 Å². The molecule has 1 aliphatic heterocycles. The number of benzene rings is 1. The maximum Gasteiger partial charge on any atom is 0.150 e. The van der Waals surface area contributed by atoms with Gasteiger partial charge in [-0.1, -0.05) is 6.92 Å². The summed E-state index contributed by atoms with van der Waals surface area (Å²) in [6, 6.07) is 3.57. The van der Waals surface area contributed by atoms with Crippen LogP contribution in [0.3, 0.4) is 0 Å². The van der Waals surface area contributed by atoms with Crippen molar-refractivity contribution in [3.8, 4) is 0 Å². The Morgan fingerprint density at radius 3 is 2.52 bits per heavy atom. The number of aldehydes is 1. The van der Waals surface area contributed by atoms with Crippen LogP contribution in [0.5, 0.6) is 0 Å². The first-order chi connectivity index (χ1) is 9.84. The Labute approximate surface area is 123 Å². The van der Waals surface area contributed by atoms with Gasteiger partial charge in [0.2, 0.25) is 0 Å². The Bertz CT molecular complexity index is 527. The molecule has 116 valence electrons. The lowest BCUT2D eigenvalue weighted by Gasteiger charge is -2.45. The Hall–Kier alpha value is -1.33. The molecule has 1 aliphatic rings. The lowest BCUT2D eigenvalue weighted by Crippen LogP contribution is -2.54. The number of alkyl halides is 1. The molecule has 3 nitrogen and oxygen atoms in total. The second-order valence-electron chi connectivity index (χ2n) is 5.87. The summed E-state index contributed by atoms with van der Waals surface area (Å²) in [7, 11) is 1.90. The van der Waals surface area contributed by atoms with Crippen LogP contribution in [0.4, 0.5) is 8.78 Å². The molecule has 1 unspecified atom stereocenters. The van der Waals surface area contributed by atoms with E-state index in [9.17, 15) is 14.3 Å². The van der Waals surface area contributed by atoms with Gasteiger partial charge in [-0.2, -0.15) is 0 Å². The maximum absolute atomic E-state index is 15.4. The van der Waals surface area contributed by atoms with E-state index in [1.807, 2.05) is 11.9 Å². The van der Waals surface area contributed by atoms with Gasteiger partial charge >= 0.3 is 0 Å². The van der Waals surface area contributed by atoms with E-state index in [2.05, 4.69) is 0 Å². The Kier molecular flexibility index (Phi) is 4.44. The molecule has 1 fully saturated rings. The summed E-state index contributed by atoms with van der Waals surface area (Å²) in [6.07, 6.45) is 0.985. The quantitative estimate of drug-likeness (QED) is 0.869. The normalized spacial score (nSPS) is 21.8. The van der Waals surface area contributed by atoms with Gasteiger partial charge in [0.25, 0.3) is 0 Å². The second-order valence-corrected chi connectivity index (χ2v) is 5.87. The lowest BCUT2D eigenvalue weighted by atomic mass is 9.71. The van der Waals surface area contributed by atoms with Crippen LogP contribution in [-0.4, -0.2) is 42.1 Å². The predicted octanol–water partition coefficient (Wildman–Crippen LogP) is 2.67. The van der Waals surface area contributed by atoms with E-state index >= 15 is 4.39 Å². The van der Waals surface area contributed by atoms with Crippen molar-refractivity contribution in [1.82, 2.24) is 4.90 Å². The first kappa shape index (κ1) is 16.0. The number of rotatable bonds is 4. The molecule has 0 amide bonds. The van der Waals surface area contributed by atoms with Crippen LogP contribution in [0.2, 0.25) is 0 Å². The van der Waals surface area contributed by atoms with Crippen molar-refractivity contribution in [3.63, 3.8) is 0 Å². The molecule has 0 spiro atoms. The summed E-state index contributed by atoms with van der Waals surface area (Å²) in [6.45, 7) is 2.74. The van der Waals surface area contributed by atoms with Crippen LogP contribution in [0, 0.1) is 5.82 Å². The van der Waals surface area contributed by atoms with Crippen molar-refractivity contribution in [2.75, 3.05) is 20.1 Å². The fourth-order valence-corrected chi connectivity index (χ4v) is 3.09. The van der Waals surface area contributed by atoms with E-state index in [0.717, 1.165) is 12.1 Å². The molecule has 1 aromatic rings. The van der Waals surface area contributed by atoms with Crippen LogP contribution >= 0.6 is 0 Å². The molecular weight excluding hydrogens is 276 g/mol. The van der Waals surface area contributed by atoms with Gasteiger partial charge in [-0.15, -0.1) is 0 Å². The molecule has 0 aliphatic carbocycles.